The van der Waals surface area contributed by atoms with Gasteiger partial charge >= 0.3 is 5.97 Å². The summed E-state index contributed by atoms with van der Waals surface area (Å²) in [5.74, 6) is -0.399. The van der Waals surface area contributed by atoms with E-state index < -0.39 is 0 Å². The van der Waals surface area contributed by atoms with Crippen molar-refractivity contribution in [2.24, 2.45) is 5.92 Å². The zero-order chi connectivity index (χ0) is 12.4. The molecule has 0 spiro atoms. The Morgan fingerprint density at radius 1 is 1.29 bits per heavy atom. The quantitative estimate of drug-likeness (QED) is 0.817. The third kappa shape index (κ3) is 2.51. The van der Waals surface area contributed by atoms with E-state index in [0.717, 1.165) is 10.0 Å². The predicted molar refractivity (Wildman–Crippen MR) is 68.1 cm³/mol. The van der Waals surface area contributed by atoms with Crippen molar-refractivity contribution in [1.82, 2.24) is 10.9 Å². The minimum atomic E-state index is -0.207. The van der Waals surface area contributed by atoms with Crippen molar-refractivity contribution in [2.75, 3.05) is 7.11 Å². The number of hydrazine groups is 1. The second-order valence-electron chi connectivity index (χ2n) is 4.16. The first-order valence-corrected chi connectivity index (χ1v) is 6.27. The van der Waals surface area contributed by atoms with E-state index in [4.69, 9.17) is 4.74 Å². The molecule has 1 saturated heterocycles. The maximum atomic E-state index is 11.8. The molecule has 5 heteroatoms. The maximum absolute atomic E-state index is 11.8. The molecule has 2 N–H and O–H groups in total. The van der Waals surface area contributed by atoms with E-state index in [1.54, 1.807) is 0 Å². The van der Waals surface area contributed by atoms with Gasteiger partial charge < -0.3 is 4.74 Å². The summed E-state index contributed by atoms with van der Waals surface area (Å²) in [5, 5.41) is 0. The summed E-state index contributed by atoms with van der Waals surface area (Å²) in [6, 6.07) is 7.93. The third-order valence-electron chi connectivity index (χ3n) is 3.07. The van der Waals surface area contributed by atoms with Crippen LogP contribution in [0.25, 0.3) is 0 Å². The second kappa shape index (κ2) is 5.16. The van der Waals surface area contributed by atoms with Gasteiger partial charge in [-0.2, -0.15) is 0 Å². The molecule has 0 aliphatic carbocycles. The molecular formula is C12H15BrN2O2. The van der Waals surface area contributed by atoms with Crippen LogP contribution in [0, 0.1) is 5.92 Å². The van der Waals surface area contributed by atoms with E-state index in [1.807, 2.05) is 31.2 Å². The van der Waals surface area contributed by atoms with Crippen molar-refractivity contribution in [1.29, 1.82) is 0 Å². The number of carbonyl (C=O) groups is 1. The Hall–Kier alpha value is -0.910. The average Bonchev–Trinajstić information content (AvgIpc) is 2.71. The Balaban J connectivity index is 2.25. The number of hydrogen-bond donors (Lipinski definition) is 2. The Labute approximate surface area is 109 Å². The summed E-state index contributed by atoms with van der Waals surface area (Å²) in [5.41, 5.74) is 7.30. The normalized spacial score (nSPS) is 28.1. The zero-order valence-electron chi connectivity index (χ0n) is 9.74. The molecule has 1 aliphatic heterocycles. The van der Waals surface area contributed by atoms with Crippen molar-refractivity contribution in [3.05, 3.63) is 34.3 Å². The van der Waals surface area contributed by atoms with Gasteiger partial charge in [-0.1, -0.05) is 28.1 Å². The van der Waals surface area contributed by atoms with Crippen LogP contribution in [0.15, 0.2) is 28.7 Å². The molecule has 0 amide bonds. The van der Waals surface area contributed by atoms with Crippen molar-refractivity contribution in [3.8, 4) is 0 Å². The van der Waals surface area contributed by atoms with Crippen LogP contribution >= 0.6 is 15.9 Å². The first kappa shape index (κ1) is 12.5. The average molecular weight is 299 g/mol. The lowest BCUT2D eigenvalue weighted by atomic mass is 9.90. The van der Waals surface area contributed by atoms with Gasteiger partial charge in [0.1, 0.15) is 0 Å². The fourth-order valence-electron chi connectivity index (χ4n) is 2.13. The smallest absolute Gasteiger partial charge is 0.312 e. The van der Waals surface area contributed by atoms with Crippen molar-refractivity contribution in [2.45, 2.75) is 19.0 Å². The number of ether oxygens (including phenoxy) is 1. The predicted octanol–water partition coefficient (Wildman–Crippen LogP) is 1.78. The third-order valence-corrected chi connectivity index (χ3v) is 3.60. The number of nitrogens with one attached hydrogen (secondary N) is 2. The molecule has 0 bridgehead atoms. The molecule has 2 rings (SSSR count). The van der Waals surface area contributed by atoms with Gasteiger partial charge in [0.25, 0.3) is 0 Å². The lowest BCUT2D eigenvalue weighted by Gasteiger charge is -2.18. The van der Waals surface area contributed by atoms with E-state index >= 15 is 0 Å². The van der Waals surface area contributed by atoms with Crippen LogP contribution in [0.1, 0.15) is 18.5 Å². The van der Waals surface area contributed by atoms with E-state index in [0.29, 0.717) is 0 Å². The van der Waals surface area contributed by atoms with E-state index in [2.05, 4.69) is 26.8 Å². The van der Waals surface area contributed by atoms with Crippen molar-refractivity contribution < 1.29 is 9.53 Å². The molecule has 1 aliphatic rings. The molecule has 3 unspecified atom stereocenters. The van der Waals surface area contributed by atoms with Gasteiger partial charge in [0, 0.05) is 10.5 Å². The molecule has 3 atom stereocenters. The van der Waals surface area contributed by atoms with Crippen molar-refractivity contribution in [3.63, 3.8) is 0 Å². The van der Waals surface area contributed by atoms with Gasteiger partial charge in [-0.15, -0.1) is 0 Å². The van der Waals surface area contributed by atoms with Crippen LogP contribution in [-0.2, 0) is 9.53 Å². The minimum Gasteiger partial charge on any atom is -0.469 e. The van der Waals surface area contributed by atoms with Crippen LogP contribution in [-0.4, -0.2) is 19.1 Å². The Morgan fingerprint density at radius 3 is 2.53 bits per heavy atom. The van der Waals surface area contributed by atoms with Crippen molar-refractivity contribution >= 4 is 21.9 Å². The Kier molecular flexibility index (Phi) is 3.81. The van der Waals surface area contributed by atoms with Gasteiger partial charge in [-0.3, -0.25) is 10.2 Å². The summed E-state index contributed by atoms with van der Waals surface area (Å²) in [6.07, 6.45) is 0. The lowest BCUT2D eigenvalue weighted by molar-refractivity contribution is -0.146. The lowest BCUT2D eigenvalue weighted by Crippen LogP contribution is -2.31. The summed E-state index contributed by atoms with van der Waals surface area (Å²) in [6.45, 7) is 1.97. The summed E-state index contributed by atoms with van der Waals surface area (Å²) in [4.78, 5) is 11.8. The zero-order valence-corrected chi connectivity index (χ0v) is 11.3. The highest BCUT2D eigenvalue weighted by Gasteiger charge is 2.40. The maximum Gasteiger partial charge on any atom is 0.312 e. The number of rotatable bonds is 2. The minimum absolute atomic E-state index is 0.0504. The van der Waals surface area contributed by atoms with Crippen LogP contribution in [0.5, 0.6) is 0 Å². The topological polar surface area (TPSA) is 50.4 Å². The molecule has 4 nitrogen and oxygen atoms in total. The summed E-state index contributed by atoms with van der Waals surface area (Å²) >= 11 is 3.40. The molecule has 0 radical (unpaired) electrons. The number of esters is 1. The molecule has 0 saturated carbocycles. The van der Waals surface area contributed by atoms with E-state index in [-0.39, 0.29) is 24.0 Å². The highest BCUT2D eigenvalue weighted by atomic mass is 79.9. The number of carbonyl (C=O) groups excluding carboxylic acids is 1. The van der Waals surface area contributed by atoms with Gasteiger partial charge in [-0.25, -0.2) is 5.43 Å². The van der Waals surface area contributed by atoms with Crippen LogP contribution in [0.4, 0.5) is 0 Å². The molecular weight excluding hydrogens is 284 g/mol. The molecule has 1 fully saturated rings. The fraction of sp³-hybridized carbons (Fsp3) is 0.417. The highest BCUT2D eigenvalue weighted by molar-refractivity contribution is 9.10. The molecule has 1 aromatic carbocycles. The number of benzene rings is 1. The monoisotopic (exact) mass is 298 g/mol. The Morgan fingerprint density at radius 2 is 1.94 bits per heavy atom. The number of halogens is 1. The van der Waals surface area contributed by atoms with Gasteiger partial charge in [-0.05, 0) is 24.6 Å². The highest BCUT2D eigenvalue weighted by Crippen LogP contribution is 2.30. The van der Waals surface area contributed by atoms with E-state index in [9.17, 15) is 4.79 Å². The van der Waals surface area contributed by atoms with E-state index in [1.165, 1.54) is 7.11 Å². The van der Waals surface area contributed by atoms with Crippen LogP contribution in [0.2, 0.25) is 0 Å². The standard InChI is InChI=1S/C12H15BrN2O2/c1-7-10(12(16)17-2)11(15-14-7)8-3-5-9(13)6-4-8/h3-7,10-11,14-15H,1-2H3. The largest absolute Gasteiger partial charge is 0.469 e. The second-order valence-corrected chi connectivity index (χ2v) is 5.07. The fourth-order valence-corrected chi connectivity index (χ4v) is 2.39. The van der Waals surface area contributed by atoms with Gasteiger partial charge in [0.05, 0.1) is 19.1 Å². The number of hydrogen-bond acceptors (Lipinski definition) is 4. The molecule has 0 aromatic heterocycles. The van der Waals surface area contributed by atoms with Gasteiger partial charge in [0.15, 0.2) is 0 Å². The first-order valence-electron chi connectivity index (χ1n) is 5.48. The van der Waals surface area contributed by atoms with Gasteiger partial charge in [0.2, 0.25) is 0 Å². The molecule has 1 aromatic rings. The summed E-state index contributed by atoms with van der Waals surface area (Å²) < 4.78 is 5.87. The number of methoxy groups -OCH3 is 1. The Bertz CT molecular complexity index is 407. The molecule has 92 valence electrons. The summed E-state index contributed by atoms with van der Waals surface area (Å²) in [7, 11) is 1.42. The first-order chi connectivity index (χ1) is 8.13. The van der Waals surface area contributed by atoms with Crippen LogP contribution < -0.4 is 10.9 Å². The van der Waals surface area contributed by atoms with Crippen LogP contribution in [0.3, 0.4) is 0 Å². The molecule has 17 heavy (non-hydrogen) atoms. The molecule has 1 heterocycles. The SMILES string of the molecule is COC(=O)C1C(C)NNC1c1ccc(Br)cc1.